The fraction of sp³-hybridized carbons (Fsp3) is 0.435. The minimum absolute atomic E-state index is 0.548. The highest BCUT2D eigenvalue weighted by atomic mass is 16.5. The van der Waals surface area contributed by atoms with Crippen LogP contribution in [-0.2, 0) is 9.53 Å². The Morgan fingerprint density at radius 1 is 1.24 bits per heavy atom. The first-order chi connectivity index (χ1) is 13.9. The molecule has 0 fully saturated rings. The second-order valence-electron chi connectivity index (χ2n) is 7.71. The van der Waals surface area contributed by atoms with Crippen molar-refractivity contribution in [2.45, 2.75) is 39.5 Å². The first-order valence-electron chi connectivity index (χ1n) is 9.95. The van der Waals surface area contributed by atoms with Gasteiger partial charge in [0.05, 0.1) is 7.11 Å². The van der Waals surface area contributed by atoms with Crippen LogP contribution in [0.25, 0.3) is 17.0 Å². The van der Waals surface area contributed by atoms with E-state index in [9.17, 15) is 4.79 Å². The molecule has 1 heterocycles. The van der Waals surface area contributed by atoms with Crippen molar-refractivity contribution in [2.24, 2.45) is 0 Å². The summed E-state index contributed by atoms with van der Waals surface area (Å²) < 4.78 is 10.9. The van der Waals surface area contributed by atoms with Crippen LogP contribution in [0.3, 0.4) is 0 Å². The summed E-state index contributed by atoms with van der Waals surface area (Å²) in [5.74, 6) is 1.99. The van der Waals surface area contributed by atoms with Gasteiger partial charge >= 0.3 is 0 Å². The quantitative estimate of drug-likeness (QED) is 0.619. The zero-order valence-electron chi connectivity index (χ0n) is 17.9. The molecule has 29 heavy (non-hydrogen) atoms. The van der Waals surface area contributed by atoms with Crippen LogP contribution in [0.2, 0.25) is 0 Å². The molecule has 0 unspecified atom stereocenters. The first-order valence-corrected chi connectivity index (χ1v) is 9.95. The van der Waals surface area contributed by atoms with Crippen molar-refractivity contribution < 1.29 is 14.1 Å². The summed E-state index contributed by atoms with van der Waals surface area (Å²) >= 11 is 0. The van der Waals surface area contributed by atoms with Gasteiger partial charge in [-0.25, -0.2) is 0 Å². The summed E-state index contributed by atoms with van der Waals surface area (Å²) in [5.41, 5.74) is 6.25. The van der Waals surface area contributed by atoms with Gasteiger partial charge in [0.2, 0.25) is 11.7 Å². The topological polar surface area (TPSA) is 68.5 Å². The van der Waals surface area contributed by atoms with Gasteiger partial charge in [0.25, 0.3) is 0 Å². The molecule has 0 amide bonds. The number of hydrogen-bond acceptors (Lipinski definition) is 6. The van der Waals surface area contributed by atoms with Gasteiger partial charge in [-0.05, 0) is 76.0 Å². The van der Waals surface area contributed by atoms with E-state index in [2.05, 4.69) is 48.2 Å². The molecule has 0 saturated heterocycles. The zero-order chi connectivity index (χ0) is 21.0. The van der Waals surface area contributed by atoms with Gasteiger partial charge in [0, 0.05) is 23.6 Å². The smallest absolute Gasteiger partial charge is 0.223 e. The molecule has 3 rings (SSSR count). The van der Waals surface area contributed by atoms with Crippen LogP contribution in [0, 0.1) is 13.8 Å². The Morgan fingerprint density at radius 3 is 2.62 bits per heavy atom. The molecule has 1 aliphatic carbocycles. The molecule has 1 aliphatic rings. The van der Waals surface area contributed by atoms with Crippen molar-refractivity contribution in [3.63, 3.8) is 0 Å². The third-order valence-corrected chi connectivity index (χ3v) is 5.30. The highest BCUT2D eigenvalue weighted by Crippen LogP contribution is 2.39. The first kappa shape index (κ1) is 21.0. The van der Waals surface area contributed by atoms with Gasteiger partial charge in [0.1, 0.15) is 12.0 Å². The maximum absolute atomic E-state index is 11.7. The number of carbonyl (C=O) groups is 1. The number of aryl methyl sites for hydroxylation is 2. The number of benzene rings is 1. The number of aldehydes is 1. The number of carbonyl (C=O) groups excluding carboxylic acids is 1. The van der Waals surface area contributed by atoms with E-state index in [0.717, 1.165) is 77.7 Å². The van der Waals surface area contributed by atoms with Crippen LogP contribution >= 0.6 is 0 Å². The van der Waals surface area contributed by atoms with Crippen molar-refractivity contribution in [3.8, 4) is 11.4 Å². The third kappa shape index (κ3) is 4.65. The van der Waals surface area contributed by atoms with Gasteiger partial charge in [-0.1, -0.05) is 17.3 Å². The van der Waals surface area contributed by atoms with Gasteiger partial charge in [-0.15, -0.1) is 0 Å². The summed E-state index contributed by atoms with van der Waals surface area (Å²) in [6.07, 6.45) is 4.34. The predicted molar refractivity (Wildman–Crippen MR) is 113 cm³/mol. The third-order valence-electron chi connectivity index (χ3n) is 5.30. The van der Waals surface area contributed by atoms with E-state index in [0.29, 0.717) is 11.7 Å². The molecule has 0 bridgehead atoms. The van der Waals surface area contributed by atoms with Crippen molar-refractivity contribution in [3.05, 3.63) is 52.1 Å². The van der Waals surface area contributed by atoms with Crippen LogP contribution in [0.15, 0.2) is 39.6 Å². The van der Waals surface area contributed by atoms with Crippen LogP contribution < -0.4 is 0 Å². The molecule has 0 N–H and O–H groups in total. The maximum atomic E-state index is 11.7. The Bertz CT molecular complexity index is 954. The molecule has 0 aliphatic heterocycles. The van der Waals surface area contributed by atoms with E-state index >= 15 is 0 Å². The van der Waals surface area contributed by atoms with E-state index in [1.165, 1.54) is 0 Å². The number of nitrogens with zero attached hydrogens (tertiary/aromatic N) is 3. The van der Waals surface area contributed by atoms with Crippen molar-refractivity contribution in [2.75, 3.05) is 27.7 Å². The average Bonchev–Trinajstić information content (AvgIpc) is 3.13. The van der Waals surface area contributed by atoms with Crippen molar-refractivity contribution in [1.29, 1.82) is 0 Å². The summed E-state index contributed by atoms with van der Waals surface area (Å²) in [4.78, 5) is 18.1. The summed E-state index contributed by atoms with van der Waals surface area (Å²) in [7, 11) is 5.82. The monoisotopic (exact) mass is 395 g/mol. The second kappa shape index (κ2) is 9.18. The van der Waals surface area contributed by atoms with Crippen molar-refractivity contribution >= 4 is 11.9 Å². The number of aromatic nitrogens is 2. The standard InChI is InChI=1S/C23H29N3O3/c1-15-13-17(23-24-16(2)29-25-23)8-10-19(15)21-11-9-18(14-27)20(22(21)28-5)7-6-12-26(3)4/h8,10,13-14H,6-7,9,11-12H2,1-5H3. The Balaban J connectivity index is 1.98. The lowest BCUT2D eigenvalue weighted by Crippen LogP contribution is -2.15. The fourth-order valence-corrected chi connectivity index (χ4v) is 3.89. The number of methoxy groups -OCH3 is 1. The Morgan fingerprint density at radius 2 is 2.03 bits per heavy atom. The molecule has 154 valence electrons. The lowest BCUT2D eigenvalue weighted by Gasteiger charge is -2.25. The minimum atomic E-state index is 0.548. The van der Waals surface area contributed by atoms with Gasteiger partial charge in [-0.2, -0.15) is 4.98 Å². The van der Waals surface area contributed by atoms with E-state index in [4.69, 9.17) is 9.26 Å². The molecule has 6 heteroatoms. The zero-order valence-corrected chi connectivity index (χ0v) is 17.9. The SMILES string of the molecule is COC1=C(c2ccc(-c3noc(C)n3)cc2C)CCC(C=O)=C1CCCN(C)C. The number of allylic oxidation sites excluding steroid dienone is 3. The molecular formula is C23H29N3O3. The molecule has 0 saturated carbocycles. The molecule has 1 aromatic heterocycles. The van der Waals surface area contributed by atoms with E-state index < -0.39 is 0 Å². The van der Waals surface area contributed by atoms with Crippen LogP contribution in [-0.4, -0.2) is 49.1 Å². The second-order valence-corrected chi connectivity index (χ2v) is 7.71. The fourth-order valence-electron chi connectivity index (χ4n) is 3.89. The normalized spacial score (nSPS) is 14.7. The molecule has 1 aromatic carbocycles. The Kier molecular flexibility index (Phi) is 6.64. The van der Waals surface area contributed by atoms with Gasteiger partial charge < -0.3 is 14.2 Å². The van der Waals surface area contributed by atoms with Gasteiger partial charge in [-0.3, -0.25) is 4.79 Å². The van der Waals surface area contributed by atoms with Gasteiger partial charge in [0.15, 0.2) is 0 Å². The minimum Gasteiger partial charge on any atom is -0.496 e. The predicted octanol–water partition coefficient (Wildman–Crippen LogP) is 4.34. The van der Waals surface area contributed by atoms with E-state index in [1.54, 1.807) is 14.0 Å². The molecule has 0 atom stereocenters. The van der Waals surface area contributed by atoms with Crippen LogP contribution in [0.5, 0.6) is 0 Å². The highest BCUT2D eigenvalue weighted by molar-refractivity contribution is 5.84. The lowest BCUT2D eigenvalue weighted by atomic mass is 9.84. The molecule has 0 spiro atoms. The average molecular weight is 396 g/mol. The number of ether oxygens (including phenoxy) is 1. The lowest BCUT2D eigenvalue weighted by molar-refractivity contribution is -0.105. The summed E-state index contributed by atoms with van der Waals surface area (Å²) in [5, 5.41) is 4.01. The Hall–Kier alpha value is -2.73. The number of rotatable bonds is 8. The number of hydrogen-bond donors (Lipinski definition) is 0. The van der Waals surface area contributed by atoms with E-state index in [-0.39, 0.29) is 0 Å². The Labute approximate surface area is 172 Å². The van der Waals surface area contributed by atoms with Crippen LogP contribution in [0.1, 0.15) is 42.7 Å². The van der Waals surface area contributed by atoms with E-state index in [1.807, 2.05) is 6.07 Å². The molecule has 0 radical (unpaired) electrons. The van der Waals surface area contributed by atoms with Crippen molar-refractivity contribution in [1.82, 2.24) is 15.0 Å². The summed E-state index contributed by atoms with van der Waals surface area (Å²) in [6, 6.07) is 6.18. The molecule has 6 nitrogen and oxygen atoms in total. The maximum Gasteiger partial charge on any atom is 0.223 e. The molecular weight excluding hydrogens is 366 g/mol. The summed E-state index contributed by atoms with van der Waals surface area (Å²) in [6.45, 7) is 4.83. The highest BCUT2D eigenvalue weighted by Gasteiger charge is 2.24. The molecule has 2 aromatic rings. The van der Waals surface area contributed by atoms with Crippen LogP contribution in [0.4, 0.5) is 0 Å². The largest absolute Gasteiger partial charge is 0.496 e.